The Morgan fingerprint density at radius 2 is 0.960 bits per heavy atom. The molecule has 0 amide bonds. The molecular weight excluding hydrogens is 672 g/mol. The van der Waals surface area contributed by atoms with Crippen LogP contribution in [0.1, 0.15) is 79.1 Å². The summed E-state index contributed by atoms with van der Waals surface area (Å²) in [6, 6.07) is 0. The minimum Gasteiger partial charge on any atom is -0.477 e. The molecule has 2 rings (SSSR count). The first kappa shape index (κ1) is 45.8. The quantitative estimate of drug-likeness (QED) is 0.0681. The summed E-state index contributed by atoms with van der Waals surface area (Å²) in [4.78, 5) is 47.0. The predicted octanol–water partition coefficient (Wildman–Crippen LogP) is -2.73. The summed E-state index contributed by atoms with van der Waals surface area (Å²) >= 11 is 0. The van der Waals surface area contributed by atoms with Crippen molar-refractivity contribution in [1.82, 2.24) is 0 Å². The molecule has 0 bridgehead atoms. The first-order valence-corrected chi connectivity index (χ1v) is 16.8. The number of carboxylic acid groups (broad SMARTS) is 2. The van der Waals surface area contributed by atoms with Gasteiger partial charge in [0.1, 0.15) is 36.0 Å². The topological polar surface area (TPSA) is 330 Å². The highest BCUT2D eigenvalue weighted by Gasteiger charge is 2.55. The monoisotopic (exact) mass is 728 g/mol. The van der Waals surface area contributed by atoms with Gasteiger partial charge in [-0.05, 0) is 12.8 Å². The maximum atomic E-state index is 12.3. The lowest BCUT2D eigenvalue weighted by Crippen LogP contribution is -2.61. The molecular formula is C32H56O18. The van der Waals surface area contributed by atoms with E-state index in [4.69, 9.17) is 29.9 Å². The number of hydrogen-bond acceptors (Lipinski definition) is 16. The third kappa shape index (κ3) is 11.9. The first-order valence-electron chi connectivity index (χ1n) is 16.8. The standard InChI is InChI=1S/2C16H28O9/c2*1-3-4-8(2)10(18)5-9-11(19)6-16(24,15(22)23)25-14(9)13(21)12(20)7-17/h2*8-9,11-14,17,19-21,24H,3-7H2,1-2H3,(H,22,23). The predicted molar refractivity (Wildman–Crippen MR) is 169 cm³/mol. The van der Waals surface area contributed by atoms with Gasteiger partial charge < -0.3 is 70.8 Å². The molecule has 2 aliphatic heterocycles. The second kappa shape index (κ2) is 20.1. The van der Waals surface area contributed by atoms with Crippen molar-refractivity contribution in [2.75, 3.05) is 13.2 Å². The number of ketones is 2. The second-order valence-electron chi connectivity index (χ2n) is 13.4. The van der Waals surface area contributed by atoms with Crippen LogP contribution >= 0.6 is 0 Å². The van der Waals surface area contributed by atoms with Gasteiger partial charge in [0.2, 0.25) is 0 Å². The van der Waals surface area contributed by atoms with Gasteiger partial charge in [-0.15, -0.1) is 0 Å². The van der Waals surface area contributed by atoms with Crippen molar-refractivity contribution in [3.8, 4) is 0 Å². The number of Topliss-reactive ketones (excluding diaryl/α,β-unsaturated/α-hetero) is 2. The smallest absolute Gasteiger partial charge is 0.364 e. The highest BCUT2D eigenvalue weighted by atomic mass is 16.7. The van der Waals surface area contributed by atoms with Crippen molar-refractivity contribution in [1.29, 1.82) is 0 Å². The molecule has 0 saturated carbocycles. The number of ether oxygens (including phenoxy) is 2. The van der Waals surface area contributed by atoms with Gasteiger partial charge in [0, 0.05) is 49.4 Å². The summed E-state index contributed by atoms with van der Waals surface area (Å²) in [6.07, 6.45) is -11.9. The highest BCUT2D eigenvalue weighted by molar-refractivity contribution is 5.82. The lowest BCUT2D eigenvalue weighted by Gasteiger charge is -2.44. The first-order chi connectivity index (χ1) is 23.1. The zero-order valence-corrected chi connectivity index (χ0v) is 28.8. The molecule has 14 unspecified atom stereocenters. The van der Waals surface area contributed by atoms with Crippen LogP contribution in [0.2, 0.25) is 0 Å². The number of carbonyl (C=O) groups excluding carboxylic acids is 2. The molecule has 0 spiro atoms. The van der Waals surface area contributed by atoms with Crippen LogP contribution in [-0.2, 0) is 28.7 Å². The van der Waals surface area contributed by atoms with E-state index in [0.717, 1.165) is 12.8 Å². The van der Waals surface area contributed by atoms with Crippen molar-refractivity contribution < 1.29 is 89.9 Å². The molecule has 0 aromatic rings. The van der Waals surface area contributed by atoms with Gasteiger partial charge in [-0.1, -0.05) is 40.5 Å². The number of hydrogen-bond donors (Lipinski definition) is 12. The van der Waals surface area contributed by atoms with Crippen LogP contribution in [0.3, 0.4) is 0 Å². The summed E-state index contributed by atoms with van der Waals surface area (Å²) in [7, 11) is 0. The van der Waals surface area contributed by atoms with Gasteiger partial charge in [0.05, 0.1) is 37.6 Å². The van der Waals surface area contributed by atoms with E-state index < -0.39 is 110 Å². The third-order valence-corrected chi connectivity index (χ3v) is 9.39. The van der Waals surface area contributed by atoms with Gasteiger partial charge >= 0.3 is 11.9 Å². The van der Waals surface area contributed by atoms with Crippen molar-refractivity contribution in [3.63, 3.8) is 0 Å². The van der Waals surface area contributed by atoms with Gasteiger partial charge in [0.25, 0.3) is 11.6 Å². The maximum Gasteiger partial charge on any atom is 0.364 e. The molecule has 2 heterocycles. The Labute approximate surface area is 289 Å². The molecule has 0 aromatic heterocycles. The molecule has 0 aliphatic carbocycles. The van der Waals surface area contributed by atoms with E-state index in [1.54, 1.807) is 13.8 Å². The van der Waals surface area contributed by atoms with E-state index >= 15 is 0 Å². The molecule has 50 heavy (non-hydrogen) atoms. The van der Waals surface area contributed by atoms with E-state index in [0.29, 0.717) is 12.8 Å². The summed E-state index contributed by atoms with van der Waals surface area (Å²) in [5, 5.41) is 116. The Kier molecular flexibility index (Phi) is 18.5. The SMILES string of the molecule is CCCC(C)C(=O)CC1C(O)CC(O)(C(=O)O)OC1C(O)C(O)CO.CCCC(C)C(=O)CC1C(O)CC(O)(C(=O)O)OC1C(O)C(O)CO. The number of aliphatic hydroxyl groups excluding tert-OH is 8. The molecule has 0 radical (unpaired) electrons. The molecule has 2 saturated heterocycles. The highest BCUT2D eigenvalue weighted by Crippen LogP contribution is 2.38. The molecule has 2 fully saturated rings. The largest absolute Gasteiger partial charge is 0.477 e. The maximum absolute atomic E-state index is 12.3. The van der Waals surface area contributed by atoms with E-state index in [2.05, 4.69) is 0 Å². The van der Waals surface area contributed by atoms with Gasteiger partial charge in [-0.3, -0.25) is 9.59 Å². The molecule has 18 heteroatoms. The molecule has 292 valence electrons. The number of aliphatic carboxylic acids is 2. The summed E-state index contributed by atoms with van der Waals surface area (Å²) in [5.41, 5.74) is 0. The normalized spacial score (nSPS) is 33.5. The molecule has 14 atom stereocenters. The Morgan fingerprint density at radius 3 is 1.20 bits per heavy atom. The number of carbonyl (C=O) groups is 4. The van der Waals surface area contributed by atoms with Gasteiger partial charge in [0.15, 0.2) is 0 Å². The minimum absolute atomic E-state index is 0.203. The van der Waals surface area contributed by atoms with E-state index in [1.807, 2.05) is 13.8 Å². The van der Waals surface area contributed by atoms with Gasteiger partial charge in [-0.2, -0.15) is 0 Å². The summed E-state index contributed by atoms with van der Waals surface area (Å²) in [5.74, 6) is -12.1. The van der Waals surface area contributed by atoms with Crippen LogP contribution in [0.25, 0.3) is 0 Å². The van der Waals surface area contributed by atoms with Crippen LogP contribution in [-0.4, -0.2) is 158 Å². The number of rotatable bonds is 18. The minimum atomic E-state index is -2.76. The summed E-state index contributed by atoms with van der Waals surface area (Å²) < 4.78 is 10.1. The molecule has 18 nitrogen and oxygen atoms in total. The van der Waals surface area contributed by atoms with E-state index in [1.165, 1.54) is 0 Å². The van der Waals surface area contributed by atoms with Crippen molar-refractivity contribution in [2.45, 2.75) is 139 Å². The average Bonchev–Trinajstić information content (AvgIpc) is 3.05. The van der Waals surface area contributed by atoms with Gasteiger partial charge in [-0.25, -0.2) is 9.59 Å². The van der Waals surface area contributed by atoms with Crippen molar-refractivity contribution >= 4 is 23.5 Å². The van der Waals surface area contributed by atoms with Crippen LogP contribution < -0.4 is 0 Å². The van der Waals surface area contributed by atoms with Crippen molar-refractivity contribution in [3.05, 3.63) is 0 Å². The molecule has 2 aliphatic rings. The van der Waals surface area contributed by atoms with E-state index in [-0.39, 0.29) is 36.2 Å². The Balaban J connectivity index is 0.000000500. The molecule has 12 N–H and O–H groups in total. The Morgan fingerprint density at radius 1 is 0.660 bits per heavy atom. The summed E-state index contributed by atoms with van der Waals surface area (Å²) in [6.45, 7) is 5.61. The third-order valence-electron chi connectivity index (χ3n) is 9.39. The fourth-order valence-corrected chi connectivity index (χ4v) is 6.16. The Hall–Kier alpha value is -2.20. The number of aliphatic hydroxyl groups is 10. The zero-order valence-electron chi connectivity index (χ0n) is 28.8. The lowest BCUT2D eigenvalue weighted by atomic mass is 9.78. The average molecular weight is 729 g/mol. The van der Waals surface area contributed by atoms with Crippen LogP contribution in [0.4, 0.5) is 0 Å². The second-order valence-corrected chi connectivity index (χ2v) is 13.4. The van der Waals surface area contributed by atoms with Crippen molar-refractivity contribution in [2.24, 2.45) is 23.7 Å². The Bertz CT molecular complexity index is 1020. The fraction of sp³-hybridized carbons (Fsp3) is 0.875. The fourth-order valence-electron chi connectivity index (χ4n) is 6.16. The van der Waals surface area contributed by atoms with E-state index in [9.17, 15) is 60.0 Å². The molecule has 0 aromatic carbocycles. The zero-order chi connectivity index (χ0) is 38.7. The lowest BCUT2D eigenvalue weighted by molar-refractivity contribution is -0.304. The number of carboxylic acids is 2. The van der Waals surface area contributed by atoms with Crippen LogP contribution in [0.15, 0.2) is 0 Å². The van der Waals surface area contributed by atoms with Crippen LogP contribution in [0.5, 0.6) is 0 Å². The van der Waals surface area contributed by atoms with Crippen LogP contribution in [0, 0.1) is 23.7 Å².